The standard InChI is InChI=1S/C23H26N6O/c1-15(11-24)18-7-9-19(10-8-18)16(2)28-14-21(12-25)23(30)29-13-17-3-5-20(6-4-17)22(26)27/h3-10,12,14-16H,13,25H2,1-2H3,(H3,26,27)(H,29,30)/b21-12+,28-14?. The fourth-order valence-corrected chi connectivity index (χ4v) is 2.68. The Morgan fingerprint density at radius 3 is 2.30 bits per heavy atom. The maximum Gasteiger partial charge on any atom is 0.254 e. The number of amides is 1. The van der Waals surface area contributed by atoms with E-state index >= 15 is 0 Å². The second-order valence-corrected chi connectivity index (χ2v) is 6.89. The van der Waals surface area contributed by atoms with Crippen LogP contribution < -0.4 is 16.8 Å². The summed E-state index contributed by atoms with van der Waals surface area (Å²) < 4.78 is 0. The molecular weight excluding hydrogens is 376 g/mol. The van der Waals surface area contributed by atoms with Crippen molar-refractivity contribution in [3.63, 3.8) is 0 Å². The summed E-state index contributed by atoms with van der Waals surface area (Å²) in [4.78, 5) is 16.8. The molecule has 0 aliphatic heterocycles. The van der Waals surface area contributed by atoms with Gasteiger partial charge in [-0.2, -0.15) is 5.26 Å². The van der Waals surface area contributed by atoms with Crippen LogP contribution in [-0.4, -0.2) is 18.0 Å². The normalized spacial score (nSPS) is 13.4. The lowest BCUT2D eigenvalue weighted by molar-refractivity contribution is -0.117. The Hall–Kier alpha value is -3.92. The quantitative estimate of drug-likeness (QED) is 0.306. The van der Waals surface area contributed by atoms with Gasteiger partial charge in [-0.05, 0) is 30.5 Å². The topological polar surface area (TPSA) is 141 Å². The van der Waals surface area contributed by atoms with Crippen molar-refractivity contribution in [1.82, 2.24) is 5.32 Å². The molecule has 0 heterocycles. The minimum absolute atomic E-state index is 0.00140. The number of aliphatic imine (C=N–C) groups is 1. The molecule has 0 spiro atoms. The highest BCUT2D eigenvalue weighted by Gasteiger charge is 2.09. The Labute approximate surface area is 176 Å². The molecule has 0 bridgehead atoms. The van der Waals surface area contributed by atoms with Gasteiger partial charge in [0.15, 0.2) is 0 Å². The first-order chi connectivity index (χ1) is 14.3. The van der Waals surface area contributed by atoms with E-state index in [9.17, 15) is 4.79 Å². The van der Waals surface area contributed by atoms with Crippen molar-refractivity contribution < 1.29 is 4.79 Å². The molecule has 0 aliphatic rings. The number of nitrogens with one attached hydrogen (secondary N) is 2. The van der Waals surface area contributed by atoms with Gasteiger partial charge in [0, 0.05) is 24.5 Å². The van der Waals surface area contributed by atoms with Gasteiger partial charge in [-0.25, -0.2) is 0 Å². The SMILES string of the molecule is CC(C#N)c1ccc(C(C)N=C/C(=C\N)C(=O)NCc2ccc(C(=N)N)cc2)cc1. The predicted molar refractivity (Wildman–Crippen MR) is 119 cm³/mol. The number of nitrogen functional groups attached to an aromatic ring is 1. The number of benzene rings is 2. The molecule has 6 N–H and O–H groups in total. The molecule has 7 heteroatoms. The first kappa shape index (κ1) is 22.4. The Balaban J connectivity index is 1.96. The van der Waals surface area contributed by atoms with E-state index in [0.717, 1.165) is 16.7 Å². The van der Waals surface area contributed by atoms with Gasteiger partial charge in [0.25, 0.3) is 5.91 Å². The number of nitrogens with two attached hydrogens (primary N) is 2. The summed E-state index contributed by atoms with van der Waals surface area (Å²) in [7, 11) is 0. The molecule has 0 fully saturated rings. The third-order valence-corrected chi connectivity index (χ3v) is 4.71. The highest BCUT2D eigenvalue weighted by Crippen LogP contribution is 2.20. The zero-order valence-corrected chi connectivity index (χ0v) is 17.1. The summed E-state index contributed by atoms with van der Waals surface area (Å²) in [6.45, 7) is 4.09. The molecule has 0 aromatic heterocycles. The van der Waals surface area contributed by atoms with Crippen molar-refractivity contribution in [2.24, 2.45) is 16.5 Å². The summed E-state index contributed by atoms with van der Waals surface area (Å²) in [5, 5.41) is 19.2. The number of carbonyl (C=O) groups is 1. The molecule has 0 saturated carbocycles. The van der Waals surface area contributed by atoms with Crippen molar-refractivity contribution in [2.75, 3.05) is 0 Å². The van der Waals surface area contributed by atoms with Crippen molar-refractivity contribution in [3.05, 3.63) is 82.6 Å². The maximum absolute atomic E-state index is 12.4. The summed E-state index contributed by atoms with van der Waals surface area (Å²) in [5.74, 6) is -0.493. The molecule has 30 heavy (non-hydrogen) atoms. The highest BCUT2D eigenvalue weighted by atomic mass is 16.1. The Bertz CT molecular complexity index is 984. The van der Waals surface area contributed by atoms with Crippen molar-refractivity contribution >= 4 is 18.0 Å². The average molecular weight is 403 g/mol. The minimum atomic E-state index is -0.331. The third kappa shape index (κ3) is 6.04. The fourth-order valence-electron chi connectivity index (χ4n) is 2.68. The molecule has 2 aromatic rings. The second-order valence-electron chi connectivity index (χ2n) is 6.89. The van der Waals surface area contributed by atoms with Crippen molar-refractivity contribution in [2.45, 2.75) is 32.4 Å². The van der Waals surface area contributed by atoms with E-state index in [0.29, 0.717) is 12.1 Å². The lowest BCUT2D eigenvalue weighted by Gasteiger charge is -2.10. The molecule has 154 valence electrons. The first-order valence-electron chi connectivity index (χ1n) is 9.51. The Kier molecular flexibility index (Phi) is 7.89. The van der Waals surface area contributed by atoms with Crippen LogP contribution in [0.1, 0.15) is 48.1 Å². The van der Waals surface area contributed by atoms with E-state index in [2.05, 4.69) is 16.4 Å². The molecule has 0 saturated heterocycles. The van der Waals surface area contributed by atoms with Gasteiger partial charge in [-0.3, -0.25) is 15.2 Å². The monoisotopic (exact) mass is 402 g/mol. The highest BCUT2D eigenvalue weighted by molar-refractivity contribution is 6.12. The van der Waals surface area contributed by atoms with Crippen LogP contribution in [-0.2, 0) is 11.3 Å². The van der Waals surface area contributed by atoms with Gasteiger partial charge in [0.2, 0.25) is 0 Å². The van der Waals surface area contributed by atoms with E-state index in [1.807, 2.05) is 38.1 Å². The van der Waals surface area contributed by atoms with Crippen molar-refractivity contribution in [3.8, 4) is 6.07 Å². The van der Waals surface area contributed by atoms with Crippen LogP contribution in [0.5, 0.6) is 0 Å². The van der Waals surface area contributed by atoms with Crippen LogP contribution in [0, 0.1) is 16.7 Å². The molecule has 7 nitrogen and oxygen atoms in total. The van der Waals surface area contributed by atoms with Crippen LogP contribution >= 0.6 is 0 Å². The van der Waals surface area contributed by atoms with Gasteiger partial charge in [0.05, 0.1) is 23.6 Å². The van der Waals surface area contributed by atoms with Gasteiger partial charge < -0.3 is 16.8 Å². The van der Waals surface area contributed by atoms with E-state index < -0.39 is 0 Å². The molecule has 2 aromatic carbocycles. The number of hydrogen-bond acceptors (Lipinski definition) is 5. The summed E-state index contributed by atoms with van der Waals surface area (Å²) >= 11 is 0. The summed E-state index contributed by atoms with van der Waals surface area (Å²) in [6.07, 6.45) is 2.69. The fraction of sp³-hybridized carbons (Fsp3) is 0.217. The Morgan fingerprint density at radius 1 is 1.17 bits per heavy atom. The van der Waals surface area contributed by atoms with Gasteiger partial charge in [-0.1, -0.05) is 48.5 Å². The van der Waals surface area contributed by atoms with Gasteiger partial charge in [0.1, 0.15) is 5.84 Å². The molecule has 0 radical (unpaired) electrons. The van der Waals surface area contributed by atoms with Crippen molar-refractivity contribution in [1.29, 1.82) is 10.7 Å². The summed E-state index contributed by atoms with van der Waals surface area (Å²) in [6, 6.07) is 16.8. The zero-order chi connectivity index (χ0) is 22.1. The number of rotatable bonds is 8. The number of hydrogen-bond donors (Lipinski definition) is 4. The molecule has 2 atom stereocenters. The molecule has 2 unspecified atom stereocenters. The lowest BCUT2D eigenvalue weighted by atomic mass is 9.99. The average Bonchev–Trinajstić information content (AvgIpc) is 2.77. The largest absolute Gasteiger partial charge is 0.404 e. The maximum atomic E-state index is 12.4. The number of amidine groups is 1. The van der Waals surface area contributed by atoms with E-state index in [1.54, 1.807) is 24.3 Å². The third-order valence-electron chi connectivity index (χ3n) is 4.71. The van der Waals surface area contributed by atoms with Crippen LogP contribution in [0.2, 0.25) is 0 Å². The lowest BCUT2D eigenvalue weighted by Crippen LogP contribution is -2.26. The van der Waals surface area contributed by atoms with Crippen LogP contribution in [0.3, 0.4) is 0 Å². The van der Waals surface area contributed by atoms with Crippen LogP contribution in [0.4, 0.5) is 0 Å². The molecular formula is C23H26N6O. The van der Waals surface area contributed by atoms with E-state index in [4.69, 9.17) is 22.1 Å². The Morgan fingerprint density at radius 2 is 1.77 bits per heavy atom. The zero-order valence-electron chi connectivity index (χ0n) is 17.1. The van der Waals surface area contributed by atoms with Crippen LogP contribution in [0.15, 0.2) is 65.3 Å². The number of carbonyl (C=O) groups excluding carboxylic acids is 1. The second kappa shape index (κ2) is 10.6. The van der Waals surface area contributed by atoms with E-state index in [-0.39, 0.29) is 29.3 Å². The summed E-state index contributed by atoms with van der Waals surface area (Å²) in [5.41, 5.74) is 14.7. The van der Waals surface area contributed by atoms with Gasteiger partial charge in [-0.15, -0.1) is 0 Å². The molecule has 0 aliphatic carbocycles. The smallest absolute Gasteiger partial charge is 0.254 e. The minimum Gasteiger partial charge on any atom is -0.404 e. The van der Waals surface area contributed by atoms with Crippen LogP contribution in [0.25, 0.3) is 0 Å². The van der Waals surface area contributed by atoms with E-state index in [1.165, 1.54) is 12.4 Å². The molecule has 1 amide bonds. The number of nitriles is 1. The first-order valence-corrected chi connectivity index (χ1v) is 9.51. The predicted octanol–water partition coefficient (Wildman–Crippen LogP) is 2.89. The number of nitrogens with zero attached hydrogens (tertiary/aromatic N) is 2. The van der Waals surface area contributed by atoms with Gasteiger partial charge >= 0.3 is 0 Å². The molecule has 2 rings (SSSR count).